The molecule has 1 aliphatic rings. The second-order valence-electron chi connectivity index (χ2n) is 4.61. The first-order valence-electron chi connectivity index (χ1n) is 6.35. The van der Waals surface area contributed by atoms with Crippen molar-refractivity contribution in [2.24, 2.45) is 0 Å². The van der Waals surface area contributed by atoms with Gasteiger partial charge < -0.3 is 4.74 Å². The molecule has 1 heterocycles. The van der Waals surface area contributed by atoms with E-state index in [0.717, 1.165) is 19.1 Å². The fourth-order valence-corrected chi connectivity index (χ4v) is 2.84. The van der Waals surface area contributed by atoms with E-state index in [2.05, 4.69) is 5.48 Å². The average Bonchev–Trinajstić information content (AvgIpc) is 2.45. The van der Waals surface area contributed by atoms with Crippen molar-refractivity contribution in [3.63, 3.8) is 0 Å². The number of hydrogen-bond acceptors (Lipinski definition) is 5. The Labute approximate surface area is 117 Å². The Kier molecular flexibility index (Phi) is 4.74. The first-order valence-corrected chi connectivity index (χ1v) is 8.24. The Morgan fingerprint density at radius 1 is 1.35 bits per heavy atom. The van der Waals surface area contributed by atoms with Crippen LogP contribution in [0.25, 0.3) is 0 Å². The number of sulfone groups is 1. The maximum absolute atomic E-state index is 12.0. The van der Waals surface area contributed by atoms with Crippen molar-refractivity contribution >= 4 is 15.7 Å². The molecular weight excluding hydrogens is 282 g/mol. The third-order valence-electron chi connectivity index (χ3n) is 2.95. The van der Waals surface area contributed by atoms with E-state index >= 15 is 0 Å². The molecule has 1 unspecified atom stereocenters. The number of carbonyl (C=O) groups is 1. The molecule has 0 aromatic heterocycles. The van der Waals surface area contributed by atoms with Crippen LogP contribution in [0, 0.1) is 0 Å². The van der Waals surface area contributed by atoms with Crippen molar-refractivity contribution < 1.29 is 22.8 Å². The zero-order chi connectivity index (χ0) is 14.6. The Morgan fingerprint density at radius 3 is 2.75 bits per heavy atom. The minimum Gasteiger partial charge on any atom is -0.350 e. The summed E-state index contributed by atoms with van der Waals surface area (Å²) in [4.78, 5) is 17.1. The molecule has 1 aromatic carbocycles. The maximum atomic E-state index is 12.0. The Balaban J connectivity index is 2.06. The number of carbonyl (C=O) groups excluding carboxylic acids is 1. The molecule has 20 heavy (non-hydrogen) atoms. The molecule has 1 aromatic rings. The van der Waals surface area contributed by atoms with E-state index in [1.54, 1.807) is 12.1 Å². The summed E-state index contributed by atoms with van der Waals surface area (Å²) in [5.74, 6) is -0.597. The van der Waals surface area contributed by atoms with Gasteiger partial charge in [-0.05, 0) is 25.0 Å². The van der Waals surface area contributed by atoms with Gasteiger partial charge in [0.2, 0.25) is 0 Å². The van der Waals surface area contributed by atoms with Crippen LogP contribution in [0.3, 0.4) is 0 Å². The van der Waals surface area contributed by atoms with Crippen molar-refractivity contribution in [3.8, 4) is 0 Å². The Hall–Kier alpha value is -1.44. The van der Waals surface area contributed by atoms with Gasteiger partial charge in [-0.1, -0.05) is 12.1 Å². The fourth-order valence-electron chi connectivity index (χ4n) is 1.96. The lowest BCUT2D eigenvalue weighted by Crippen LogP contribution is -2.33. The first kappa shape index (κ1) is 15.0. The van der Waals surface area contributed by atoms with Gasteiger partial charge in [0.25, 0.3) is 5.91 Å². The van der Waals surface area contributed by atoms with Crippen LogP contribution in [-0.2, 0) is 19.4 Å². The number of hydroxylamine groups is 1. The molecule has 2 rings (SSSR count). The zero-order valence-corrected chi connectivity index (χ0v) is 12.0. The van der Waals surface area contributed by atoms with Gasteiger partial charge in [0.15, 0.2) is 16.1 Å². The molecule has 0 saturated carbocycles. The van der Waals surface area contributed by atoms with E-state index in [4.69, 9.17) is 9.57 Å². The average molecular weight is 299 g/mol. The van der Waals surface area contributed by atoms with Gasteiger partial charge >= 0.3 is 0 Å². The van der Waals surface area contributed by atoms with Crippen LogP contribution in [0.1, 0.15) is 29.6 Å². The van der Waals surface area contributed by atoms with E-state index < -0.39 is 22.0 Å². The Bertz CT molecular complexity index is 578. The smallest absolute Gasteiger partial charge is 0.276 e. The molecular formula is C13H17NO5S. The molecule has 0 bridgehead atoms. The van der Waals surface area contributed by atoms with Crippen LogP contribution in [0.4, 0.5) is 0 Å². The van der Waals surface area contributed by atoms with Crippen molar-refractivity contribution in [2.75, 3.05) is 12.9 Å². The summed E-state index contributed by atoms with van der Waals surface area (Å²) in [6, 6.07) is 6.00. The second-order valence-corrected chi connectivity index (χ2v) is 6.60. The molecule has 110 valence electrons. The third kappa shape index (κ3) is 3.78. The molecule has 0 spiro atoms. The lowest BCUT2D eigenvalue weighted by atomic mass is 10.2. The van der Waals surface area contributed by atoms with Crippen LogP contribution in [0.2, 0.25) is 0 Å². The monoisotopic (exact) mass is 299 g/mol. The fraction of sp³-hybridized carbons (Fsp3) is 0.462. The van der Waals surface area contributed by atoms with Gasteiger partial charge in [-0.25, -0.2) is 18.7 Å². The second kappa shape index (κ2) is 6.34. The molecule has 1 saturated heterocycles. The number of amides is 1. The van der Waals surface area contributed by atoms with Gasteiger partial charge in [0, 0.05) is 19.3 Å². The molecule has 1 aliphatic heterocycles. The van der Waals surface area contributed by atoms with Crippen LogP contribution in [0.5, 0.6) is 0 Å². The van der Waals surface area contributed by atoms with Gasteiger partial charge in [-0.15, -0.1) is 0 Å². The van der Waals surface area contributed by atoms with Crippen LogP contribution in [0.15, 0.2) is 29.2 Å². The van der Waals surface area contributed by atoms with Crippen molar-refractivity contribution in [1.29, 1.82) is 0 Å². The summed E-state index contributed by atoms with van der Waals surface area (Å²) in [5.41, 5.74) is 2.31. The topological polar surface area (TPSA) is 81.7 Å². The molecule has 6 nitrogen and oxygen atoms in total. The minimum atomic E-state index is -3.47. The summed E-state index contributed by atoms with van der Waals surface area (Å²) < 4.78 is 28.5. The van der Waals surface area contributed by atoms with Crippen LogP contribution >= 0.6 is 0 Å². The van der Waals surface area contributed by atoms with Crippen molar-refractivity contribution in [3.05, 3.63) is 29.8 Å². The summed E-state index contributed by atoms with van der Waals surface area (Å²) in [6.07, 6.45) is 3.24. The van der Waals surface area contributed by atoms with Gasteiger partial charge in [-0.3, -0.25) is 4.79 Å². The maximum Gasteiger partial charge on any atom is 0.276 e. The lowest BCUT2D eigenvalue weighted by Gasteiger charge is -2.22. The largest absolute Gasteiger partial charge is 0.350 e. The number of ether oxygens (including phenoxy) is 1. The molecule has 1 N–H and O–H groups in total. The summed E-state index contributed by atoms with van der Waals surface area (Å²) in [6.45, 7) is 0.598. The summed E-state index contributed by atoms with van der Waals surface area (Å²) >= 11 is 0. The van der Waals surface area contributed by atoms with E-state index in [1.165, 1.54) is 12.1 Å². The molecule has 1 fully saturated rings. The van der Waals surface area contributed by atoms with E-state index in [1.807, 2.05) is 0 Å². The molecule has 0 aliphatic carbocycles. The van der Waals surface area contributed by atoms with Gasteiger partial charge in [0.05, 0.1) is 10.5 Å². The zero-order valence-electron chi connectivity index (χ0n) is 11.2. The van der Waals surface area contributed by atoms with Crippen LogP contribution in [-0.4, -0.2) is 33.5 Å². The van der Waals surface area contributed by atoms with E-state index in [-0.39, 0.29) is 10.5 Å². The standard InChI is InChI=1S/C13H17NO5S/c1-20(16,17)11-7-3-2-6-10(11)13(15)14-19-12-8-4-5-9-18-12/h2-3,6-7,12H,4-5,8-9H2,1H3,(H,14,15). The quantitative estimate of drug-likeness (QED) is 0.847. The van der Waals surface area contributed by atoms with Crippen molar-refractivity contribution in [2.45, 2.75) is 30.4 Å². The number of benzene rings is 1. The van der Waals surface area contributed by atoms with Crippen LogP contribution < -0.4 is 5.48 Å². The highest BCUT2D eigenvalue weighted by atomic mass is 32.2. The van der Waals surface area contributed by atoms with Crippen molar-refractivity contribution in [1.82, 2.24) is 5.48 Å². The highest BCUT2D eigenvalue weighted by Gasteiger charge is 2.20. The normalized spacial score (nSPS) is 19.6. The molecule has 7 heteroatoms. The van der Waals surface area contributed by atoms with Gasteiger partial charge in [-0.2, -0.15) is 0 Å². The van der Waals surface area contributed by atoms with E-state index in [0.29, 0.717) is 13.0 Å². The van der Waals surface area contributed by atoms with E-state index in [9.17, 15) is 13.2 Å². The predicted molar refractivity (Wildman–Crippen MR) is 71.7 cm³/mol. The predicted octanol–water partition coefficient (Wildman–Crippen LogP) is 1.28. The number of nitrogens with one attached hydrogen (secondary N) is 1. The highest BCUT2D eigenvalue weighted by Crippen LogP contribution is 2.16. The highest BCUT2D eigenvalue weighted by molar-refractivity contribution is 7.90. The summed E-state index contributed by atoms with van der Waals surface area (Å²) in [7, 11) is -3.47. The third-order valence-corrected chi connectivity index (χ3v) is 4.11. The molecule has 1 atom stereocenters. The van der Waals surface area contributed by atoms with Gasteiger partial charge in [0.1, 0.15) is 0 Å². The molecule has 0 radical (unpaired) electrons. The minimum absolute atomic E-state index is 0.0225. The number of hydrogen-bond donors (Lipinski definition) is 1. The number of rotatable bonds is 4. The SMILES string of the molecule is CS(=O)(=O)c1ccccc1C(=O)NOC1CCCCO1. The Morgan fingerprint density at radius 2 is 2.10 bits per heavy atom. The first-order chi connectivity index (χ1) is 9.48. The summed E-state index contributed by atoms with van der Waals surface area (Å²) in [5, 5.41) is 0. The lowest BCUT2D eigenvalue weighted by molar-refractivity contribution is -0.186. The molecule has 1 amide bonds.